The Morgan fingerprint density at radius 1 is 1.28 bits per heavy atom. The highest BCUT2D eigenvalue weighted by Gasteiger charge is 2.29. The molecular weight excluding hydrogens is 290 g/mol. The highest BCUT2D eigenvalue weighted by Crippen LogP contribution is 2.26. The Kier molecular flexibility index (Phi) is 3.57. The minimum absolute atomic E-state index is 0.748. The second-order valence-corrected chi connectivity index (χ2v) is 6.28. The predicted octanol–water partition coefficient (Wildman–Crippen LogP) is 2.83. The molecule has 0 amide bonds. The number of rotatable bonds is 2. The first-order chi connectivity index (χ1) is 8.74. The summed E-state index contributed by atoms with van der Waals surface area (Å²) >= 11 is 3.51. The van der Waals surface area contributed by atoms with Crippen LogP contribution >= 0.6 is 15.9 Å². The van der Waals surface area contributed by atoms with Crippen molar-refractivity contribution in [2.75, 3.05) is 31.1 Å². The van der Waals surface area contributed by atoms with E-state index in [-0.39, 0.29) is 0 Å². The molecule has 1 unspecified atom stereocenters. The summed E-state index contributed by atoms with van der Waals surface area (Å²) in [6, 6.07) is 2.94. The molecule has 0 saturated carbocycles. The van der Waals surface area contributed by atoms with Crippen molar-refractivity contribution in [1.29, 1.82) is 0 Å². The van der Waals surface area contributed by atoms with Gasteiger partial charge in [0, 0.05) is 29.8 Å². The summed E-state index contributed by atoms with van der Waals surface area (Å²) in [5.41, 5.74) is 1.27. The third-order valence-electron chi connectivity index (χ3n) is 4.18. The monoisotopic (exact) mass is 309 g/mol. The molecule has 4 heteroatoms. The van der Waals surface area contributed by atoms with Crippen LogP contribution in [-0.4, -0.2) is 42.1 Å². The summed E-state index contributed by atoms with van der Waals surface area (Å²) in [7, 11) is 0. The molecule has 98 valence electrons. The molecule has 0 bridgehead atoms. The van der Waals surface area contributed by atoms with Gasteiger partial charge < -0.3 is 4.90 Å². The molecule has 1 aromatic heterocycles. The summed E-state index contributed by atoms with van der Waals surface area (Å²) < 4.78 is 1.10. The molecule has 2 aliphatic rings. The molecule has 2 saturated heterocycles. The summed E-state index contributed by atoms with van der Waals surface area (Å²) in [6.07, 6.45) is 5.98. The van der Waals surface area contributed by atoms with Gasteiger partial charge >= 0.3 is 0 Å². The third kappa shape index (κ3) is 2.41. The smallest absolute Gasteiger partial charge is 0.128 e. The maximum absolute atomic E-state index is 4.54. The van der Waals surface area contributed by atoms with Crippen molar-refractivity contribution in [2.24, 2.45) is 0 Å². The van der Waals surface area contributed by atoms with Crippen LogP contribution in [0.2, 0.25) is 0 Å². The SMILES string of the molecule is Cc1cc(N2CCC(N3CCCC3)C2)ncc1Br. The Hall–Kier alpha value is -0.610. The Morgan fingerprint density at radius 3 is 2.78 bits per heavy atom. The standard InChI is InChI=1S/C14H20BrN3/c1-11-8-14(16-9-13(11)15)18-7-4-12(10-18)17-5-2-3-6-17/h8-9,12H,2-7,10H2,1H3. The molecule has 1 aromatic rings. The number of hydrogen-bond donors (Lipinski definition) is 0. The van der Waals surface area contributed by atoms with Crippen LogP contribution in [0.4, 0.5) is 5.82 Å². The molecule has 18 heavy (non-hydrogen) atoms. The number of likely N-dealkylation sites (tertiary alicyclic amines) is 1. The van der Waals surface area contributed by atoms with E-state index in [2.05, 4.69) is 43.7 Å². The molecule has 0 radical (unpaired) electrons. The van der Waals surface area contributed by atoms with Crippen LogP contribution in [0, 0.1) is 6.92 Å². The fourth-order valence-corrected chi connectivity index (χ4v) is 3.27. The summed E-state index contributed by atoms with van der Waals surface area (Å²) in [4.78, 5) is 9.63. The van der Waals surface area contributed by atoms with Crippen molar-refractivity contribution in [2.45, 2.75) is 32.2 Å². The lowest BCUT2D eigenvalue weighted by atomic mass is 10.2. The molecule has 2 aliphatic heterocycles. The first kappa shape index (κ1) is 12.4. The van der Waals surface area contributed by atoms with E-state index in [1.807, 2.05) is 6.20 Å². The van der Waals surface area contributed by atoms with Gasteiger partial charge in [-0.3, -0.25) is 4.90 Å². The van der Waals surface area contributed by atoms with Crippen molar-refractivity contribution < 1.29 is 0 Å². The van der Waals surface area contributed by atoms with Crippen LogP contribution in [0.5, 0.6) is 0 Å². The van der Waals surface area contributed by atoms with Crippen molar-refractivity contribution in [3.8, 4) is 0 Å². The van der Waals surface area contributed by atoms with Crippen molar-refractivity contribution in [3.05, 3.63) is 22.3 Å². The van der Waals surface area contributed by atoms with Crippen LogP contribution in [-0.2, 0) is 0 Å². The highest BCUT2D eigenvalue weighted by molar-refractivity contribution is 9.10. The number of hydrogen-bond acceptors (Lipinski definition) is 3. The molecule has 0 aromatic carbocycles. The maximum Gasteiger partial charge on any atom is 0.128 e. The van der Waals surface area contributed by atoms with Gasteiger partial charge in [0.15, 0.2) is 0 Å². The van der Waals surface area contributed by atoms with E-state index in [0.717, 1.165) is 29.4 Å². The van der Waals surface area contributed by atoms with E-state index < -0.39 is 0 Å². The number of pyridine rings is 1. The van der Waals surface area contributed by atoms with Gasteiger partial charge in [-0.1, -0.05) is 0 Å². The predicted molar refractivity (Wildman–Crippen MR) is 78.1 cm³/mol. The zero-order valence-electron chi connectivity index (χ0n) is 10.9. The first-order valence-corrected chi connectivity index (χ1v) is 7.64. The second kappa shape index (κ2) is 5.17. The van der Waals surface area contributed by atoms with Gasteiger partial charge in [-0.05, 0) is 66.8 Å². The average Bonchev–Trinajstić information content (AvgIpc) is 3.01. The Balaban J connectivity index is 1.69. The molecule has 0 spiro atoms. The number of nitrogens with zero attached hydrogens (tertiary/aromatic N) is 3. The zero-order chi connectivity index (χ0) is 12.5. The zero-order valence-corrected chi connectivity index (χ0v) is 12.5. The van der Waals surface area contributed by atoms with Crippen LogP contribution in [0.1, 0.15) is 24.8 Å². The molecule has 3 nitrogen and oxygen atoms in total. The molecule has 3 rings (SSSR count). The fraction of sp³-hybridized carbons (Fsp3) is 0.643. The summed E-state index contributed by atoms with van der Waals surface area (Å²) in [5.74, 6) is 1.14. The van der Waals surface area contributed by atoms with E-state index >= 15 is 0 Å². The van der Waals surface area contributed by atoms with Crippen molar-refractivity contribution in [3.63, 3.8) is 0 Å². The van der Waals surface area contributed by atoms with Crippen LogP contribution in [0.25, 0.3) is 0 Å². The minimum Gasteiger partial charge on any atom is -0.355 e. The van der Waals surface area contributed by atoms with Gasteiger partial charge in [0.25, 0.3) is 0 Å². The largest absolute Gasteiger partial charge is 0.355 e. The molecule has 1 atom stereocenters. The van der Waals surface area contributed by atoms with Crippen LogP contribution in [0.3, 0.4) is 0 Å². The second-order valence-electron chi connectivity index (χ2n) is 5.42. The minimum atomic E-state index is 0.748. The highest BCUT2D eigenvalue weighted by atomic mass is 79.9. The summed E-state index contributed by atoms with van der Waals surface area (Å²) in [5, 5.41) is 0. The van der Waals surface area contributed by atoms with Gasteiger partial charge in [0.05, 0.1) is 0 Å². The number of aromatic nitrogens is 1. The Labute approximate surface area is 117 Å². The topological polar surface area (TPSA) is 19.4 Å². The third-order valence-corrected chi connectivity index (χ3v) is 5.01. The lowest BCUT2D eigenvalue weighted by molar-refractivity contribution is 0.260. The van der Waals surface area contributed by atoms with Gasteiger partial charge in [0.1, 0.15) is 5.82 Å². The lowest BCUT2D eigenvalue weighted by Gasteiger charge is -2.24. The van der Waals surface area contributed by atoms with Crippen molar-refractivity contribution in [1.82, 2.24) is 9.88 Å². The molecular formula is C14H20BrN3. The summed E-state index contributed by atoms with van der Waals surface area (Å²) in [6.45, 7) is 7.02. The number of anilines is 1. The fourth-order valence-electron chi connectivity index (χ4n) is 3.05. The van der Waals surface area contributed by atoms with E-state index in [1.165, 1.54) is 37.9 Å². The van der Waals surface area contributed by atoms with Gasteiger partial charge in [-0.15, -0.1) is 0 Å². The van der Waals surface area contributed by atoms with Gasteiger partial charge in [-0.25, -0.2) is 4.98 Å². The van der Waals surface area contributed by atoms with Crippen LogP contribution < -0.4 is 4.90 Å². The first-order valence-electron chi connectivity index (χ1n) is 6.85. The van der Waals surface area contributed by atoms with E-state index in [1.54, 1.807) is 0 Å². The molecule has 0 N–H and O–H groups in total. The van der Waals surface area contributed by atoms with Crippen molar-refractivity contribution >= 4 is 21.7 Å². The van der Waals surface area contributed by atoms with Gasteiger partial charge in [-0.2, -0.15) is 0 Å². The molecule has 2 fully saturated rings. The lowest BCUT2D eigenvalue weighted by Crippen LogP contribution is -2.35. The Bertz CT molecular complexity index is 429. The number of halogens is 1. The van der Waals surface area contributed by atoms with E-state index in [0.29, 0.717) is 0 Å². The van der Waals surface area contributed by atoms with E-state index in [4.69, 9.17) is 0 Å². The van der Waals surface area contributed by atoms with Gasteiger partial charge in [0.2, 0.25) is 0 Å². The maximum atomic E-state index is 4.54. The quantitative estimate of drug-likeness (QED) is 0.837. The Morgan fingerprint density at radius 2 is 2.06 bits per heavy atom. The van der Waals surface area contributed by atoms with Crippen LogP contribution in [0.15, 0.2) is 16.7 Å². The molecule has 3 heterocycles. The van der Waals surface area contributed by atoms with E-state index in [9.17, 15) is 0 Å². The number of aryl methyl sites for hydroxylation is 1. The molecule has 0 aliphatic carbocycles. The normalized spacial score (nSPS) is 25.0. The average molecular weight is 310 g/mol.